The summed E-state index contributed by atoms with van der Waals surface area (Å²) in [5.74, 6) is -0.634. The third kappa shape index (κ3) is 2.89. The molecule has 1 atom stereocenters. The van der Waals surface area contributed by atoms with E-state index in [2.05, 4.69) is 6.92 Å². The van der Waals surface area contributed by atoms with Crippen LogP contribution in [0.15, 0.2) is 18.2 Å². The van der Waals surface area contributed by atoms with E-state index in [1.807, 2.05) is 0 Å². The Morgan fingerprint density at radius 3 is 2.56 bits per heavy atom. The van der Waals surface area contributed by atoms with E-state index in [0.29, 0.717) is 11.4 Å². The van der Waals surface area contributed by atoms with E-state index in [1.54, 1.807) is 18.2 Å². The molecule has 0 aliphatic rings. The van der Waals surface area contributed by atoms with Crippen molar-refractivity contribution in [3.63, 3.8) is 0 Å². The molecular weight excluding hydrogens is 202 g/mol. The molecule has 0 aliphatic heterocycles. The molecule has 0 heterocycles. The number of nitrogens with two attached hydrogens (primary N) is 3. The van der Waals surface area contributed by atoms with Crippen molar-refractivity contribution in [2.24, 2.45) is 5.73 Å². The molecule has 0 aromatic heterocycles. The van der Waals surface area contributed by atoms with Crippen LogP contribution in [0.25, 0.3) is 0 Å². The zero-order chi connectivity index (χ0) is 12.1. The van der Waals surface area contributed by atoms with Crippen molar-refractivity contribution < 1.29 is 4.79 Å². The van der Waals surface area contributed by atoms with Crippen molar-refractivity contribution in [3.05, 3.63) is 23.8 Å². The average Bonchev–Trinajstić information content (AvgIpc) is 2.20. The second kappa shape index (κ2) is 5.39. The summed E-state index contributed by atoms with van der Waals surface area (Å²) in [6.45, 7) is 2.07. The van der Waals surface area contributed by atoms with Gasteiger partial charge >= 0.3 is 0 Å². The third-order valence-corrected chi connectivity index (χ3v) is 2.68. The molecule has 4 nitrogen and oxygen atoms in total. The molecule has 0 fully saturated rings. The first-order valence-electron chi connectivity index (χ1n) is 5.50. The Morgan fingerprint density at radius 2 is 2.06 bits per heavy atom. The van der Waals surface area contributed by atoms with Crippen LogP contribution in [-0.4, -0.2) is 5.91 Å². The number of hydrogen-bond acceptors (Lipinski definition) is 3. The number of amides is 1. The van der Waals surface area contributed by atoms with Crippen molar-refractivity contribution in [2.45, 2.75) is 32.1 Å². The van der Waals surface area contributed by atoms with Gasteiger partial charge in [-0.1, -0.05) is 25.8 Å². The topological polar surface area (TPSA) is 95.1 Å². The largest absolute Gasteiger partial charge is 0.399 e. The second-order valence-electron chi connectivity index (χ2n) is 3.99. The van der Waals surface area contributed by atoms with Crippen molar-refractivity contribution in [3.8, 4) is 0 Å². The highest BCUT2D eigenvalue weighted by atomic mass is 16.1. The number of primary amides is 1. The van der Waals surface area contributed by atoms with Crippen LogP contribution >= 0.6 is 0 Å². The van der Waals surface area contributed by atoms with Gasteiger partial charge < -0.3 is 17.2 Å². The first kappa shape index (κ1) is 12.4. The SMILES string of the molecule is CCCCC(C(N)=O)c1ccc(N)cc1N. The minimum atomic E-state index is -0.329. The highest BCUT2D eigenvalue weighted by Gasteiger charge is 2.19. The number of carbonyl (C=O) groups is 1. The maximum Gasteiger partial charge on any atom is 0.225 e. The fourth-order valence-electron chi connectivity index (χ4n) is 1.77. The van der Waals surface area contributed by atoms with Gasteiger partial charge in [0.05, 0.1) is 5.92 Å². The monoisotopic (exact) mass is 221 g/mol. The van der Waals surface area contributed by atoms with Gasteiger partial charge in [-0.3, -0.25) is 4.79 Å². The standard InChI is InChI=1S/C12H19N3O/c1-2-3-4-10(12(15)16)9-6-5-8(13)7-11(9)14/h5-7,10H,2-4,13-14H2,1H3,(H2,15,16). The molecule has 6 N–H and O–H groups in total. The highest BCUT2D eigenvalue weighted by molar-refractivity contribution is 5.84. The molecule has 0 spiro atoms. The van der Waals surface area contributed by atoms with Gasteiger partial charge in [-0.05, 0) is 24.1 Å². The first-order valence-corrected chi connectivity index (χ1v) is 5.50. The van der Waals surface area contributed by atoms with Gasteiger partial charge in [0, 0.05) is 11.4 Å². The Labute approximate surface area is 95.8 Å². The molecule has 4 heteroatoms. The molecule has 0 radical (unpaired) electrons. The molecule has 1 unspecified atom stereocenters. The Kier molecular flexibility index (Phi) is 4.17. The molecule has 16 heavy (non-hydrogen) atoms. The molecule has 0 bridgehead atoms. The van der Waals surface area contributed by atoms with Crippen molar-refractivity contribution in [1.82, 2.24) is 0 Å². The minimum Gasteiger partial charge on any atom is -0.399 e. The third-order valence-electron chi connectivity index (χ3n) is 2.68. The van der Waals surface area contributed by atoms with E-state index in [1.165, 1.54) is 0 Å². The molecule has 1 amide bonds. The van der Waals surface area contributed by atoms with Crippen LogP contribution in [-0.2, 0) is 4.79 Å². The molecule has 1 aromatic rings. The Balaban J connectivity index is 2.96. The van der Waals surface area contributed by atoms with Crippen molar-refractivity contribution in [2.75, 3.05) is 11.5 Å². The van der Waals surface area contributed by atoms with E-state index in [4.69, 9.17) is 17.2 Å². The van der Waals surface area contributed by atoms with Crippen LogP contribution in [0.2, 0.25) is 0 Å². The molecule has 1 aromatic carbocycles. The van der Waals surface area contributed by atoms with Gasteiger partial charge in [-0.2, -0.15) is 0 Å². The maximum absolute atomic E-state index is 11.4. The van der Waals surface area contributed by atoms with E-state index in [-0.39, 0.29) is 11.8 Å². The molecule has 0 saturated heterocycles. The molecular formula is C12H19N3O. The van der Waals surface area contributed by atoms with Crippen LogP contribution in [0.1, 0.15) is 37.7 Å². The van der Waals surface area contributed by atoms with Gasteiger partial charge in [-0.15, -0.1) is 0 Å². The molecule has 0 aliphatic carbocycles. The summed E-state index contributed by atoms with van der Waals surface area (Å²) in [5, 5.41) is 0. The fraction of sp³-hybridized carbons (Fsp3) is 0.417. The lowest BCUT2D eigenvalue weighted by Gasteiger charge is -2.15. The van der Waals surface area contributed by atoms with Crippen molar-refractivity contribution in [1.29, 1.82) is 0 Å². The van der Waals surface area contributed by atoms with Crippen molar-refractivity contribution >= 4 is 17.3 Å². The smallest absolute Gasteiger partial charge is 0.225 e. The van der Waals surface area contributed by atoms with Crippen LogP contribution in [0, 0.1) is 0 Å². The zero-order valence-electron chi connectivity index (χ0n) is 9.57. The van der Waals surface area contributed by atoms with Gasteiger partial charge in [0.25, 0.3) is 0 Å². The number of rotatable bonds is 5. The quantitative estimate of drug-likeness (QED) is 0.659. The second-order valence-corrected chi connectivity index (χ2v) is 3.99. The normalized spacial score (nSPS) is 12.3. The summed E-state index contributed by atoms with van der Waals surface area (Å²) < 4.78 is 0. The number of benzene rings is 1. The van der Waals surface area contributed by atoms with E-state index >= 15 is 0 Å². The summed E-state index contributed by atoms with van der Waals surface area (Å²) in [6, 6.07) is 5.19. The first-order chi connectivity index (χ1) is 7.56. The molecule has 0 saturated carbocycles. The van der Waals surface area contributed by atoms with Crippen LogP contribution in [0.3, 0.4) is 0 Å². The van der Waals surface area contributed by atoms with E-state index < -0.39 is 0 Å². The van der Waals surface area contributed by atoms with Crippen LogP contribution in [0.5, 0.6) is 0 Å². The lowest BCUT2D eigenvalue weighted by atomic mass is 9.91. The Bertz CT molecular complexity index is 377. The predicted octanol–water partition coefficient (Wildman–Crippen LogP) is 1.61. The van der Waals surface area contributed by atoms with Gasteiger partial charge in [-0.25, -0.2) is 0 Å². The van der Waals surface area contributed by atoms with E-state index in [0.717, 1.165) is 24.8 Å². The highest BCUT2D eigenvalue weighted by Crippen LogP contribution is 2.28. The lowest BCUT2D eigenvalue weighted by Crippen LogP contribution is -2.22. The zero-order valence-corrected chi connectivity index (χ0v) is 9.57. The van der Waals surface area contributed by atoms with Gasteiger partial charge in [0.2, 0.25) is 5.91 Å². The van der Waals surface area contributed by atoms with Crippen LogP contribution < -0.4 is 17.2 Å². The lowest BCUT2D eigenvalue weighted by molar-refractivity contribution is -0.119. The summed E-state index contributed by atoms with van der Waals surface area (Å²) in [4.78, 5) is 11.4. The number of nitrogen functional groups attached to an aromatic ring is 2. The van der Waals surface area contributed by atoms with Gasteiger partial charge in [0.1, 0.15) is 0 Å². The molecule has 88 valence electrons. The Hall–Kier alpha value is -1.71. The Morgan fingerprint density at radius 1 is 1.38 bits per heavy atom. The molecule has 1 rings (SSSR count). The summed E-state index contributed by atoms with van der Waals surface area (Å²) in [5.41, 5.74) is 18.8. The summed E-state index contributed by atoms with van der Waals surface area (Å²) in [7, 11) is 0. The summed E-state index contributed by atoms with van der Waals surface area (Å²) >= 11 is 0. The predicted molar refractivity (Wildman–Crippen MR) is 66.7 cm³/mol. The minimum absolute atomic E-state index is 0.305. The van der Waals surface area contributed by atoms with Gasteiger partial charge in [0.15, 0.2) is 0 Å². The average molecular weight is 221 g/mol. The number of hydrogen-bond donors (Lipinski definition) is 3. The van der Waals surface area contributed by atoms with Crippen LogP contribution in [0.4, 0.5) is 11.4 Å². The fourth-order valence-corrected chi connectivity index (χ4v) is 1.77. The maximum atomic E-state index is 11.4. The number of unbranched alkanes of at least 4 members (excludes halogenated alkanes) is 1. The van der Waals surface area contributed by atoms with E-state index in [9.17, 15) is 4.79 Å². The number of carbonyl (C=O) groups excluding carboxylic acids is 1. The number of anilines is 2. The summed E-state index contributed by atoms with van der Waals surface area (Å²) in [6.07, 6.45) is 2.72.